The number of benzene rings is 2. The number of hydrogen-bond acceptors (Lipinski definition) is 4. The molecule has 1 N–H and O–H groups in total. The first-order valence-corrected chi connectivity index (χ1v) is 8.07. The summed E-state index contributed by atoms with van der Waals surface area (Å²) in [5.74, 6) is -0.179. The Labute approximate surface area is 151 Å². The van der Waals surface area contributed by atoms with E-state index < -0.39 is 11.7 Å². The van der Waals surface area contributed by atoms with Crippen LogP contribution in [0.15, 0.2) is 48.0 Å². The molecule has 0 aliphatic heterocycles. The van der Waals surface area contributed by atoms with Gasteiger partial charge in [0.25, 0.3) is 5.91 Å². The molecule has 6 heteroatoms. The number of carbonyl (C=O) groups is 1. The smallest absolute Gasteiger partial charge is 0.266 e. The highest BCUT2D eigenvalue weighted by molar-refractivity contribution is 6.09. The Hall–Kier alpha value is -3.33. The molecule has 0 saturated carbocycles. The van der Waals surface area contributed by atoms with Gasteiger partial charge < -0.3 is 14.8 Å². The maximum Gasteiger partial charge on any atom is 0.266 e. The largest absolute Gasteiger partial charge is 0.493 e. The molecule has 1 amide bonds. The van der Waals surface area contributed by atoms with Crippen LogP contribution in [0.4, 0.5) is 10.1 Å². The molecule has 2 aromatic carbocycles. The van der Waals surface area contributed by atoms with Crippen LogP contribution in [0.5, 0.6) is 11.5 Å². The standard InChI is InChI=1S/C20H19FN2O3/c1-3-10-26-19-12-14(8-9-18(19)25-2)11-15(13-22)20(24)23-17-7-5-4-6-16(17)21/h4-9,11-12H,3,10H2,1-2H3,(H,23,24)/b15-11+. The van der Waals surface area contributed by atoms with Gasteiger partial charge in [0.2, 0.25) is 0 Å². The molecule has 0 spiro atoms. The molecule has 0 bridgehead atoms. The number of hydrogen-bond donors (Lipinski definition) is 1. The van der Waals surface area contributed by atoms with Crippen molar-refractivity contribution in [3.63, 3.8) is 0 Å². The first-order valence-electron chi connectivity index (χ1n) is 8.07. The number of rotatable bonds is 7. The van der Waals surface area contributed by atoms with E-state index in [0.717, 1.165) is 6.42 Å². The molecule has 0 aromatic heterocycles. The molecule has 5 nitrogen and oxygen atoms in total. The minimum absolute atomic E-state index is 0.0142. The molecule has 26 heavy (non-hydrogen) atoms. The number of halogens is 1. The van der Waals surface area contributed by atoms with Crippen LogP contribution in [0.2, 0.25) is 0 Å². The van der Waals surface area contributed by atoms with Crippen LogP contribution in [0.1, 0.15) is 18.9 Å². The molecule has 2 aromatic rings. The third kappa shape index (κ3) is 4.84. The maximum atomic E-state index is 13.7. The predicted molar refractivity (Wildman–Crippen MR) is 97.4 cm³/mol. The molecular weight excluding hydrogens is 335 g/mol. The van der Waals surface area contributed by atoms with Gasteiger partial charge in [0.1, 0.15) is 17.5 Å². The van der Waals surface area contributed by atoms with Crippen molar-refractivity contribution in [2.75, 3.05) is 19.0 Å². The van der Waals surface area contributed by atoms with Gasteiger partial charge in [0.05, 0.1) is 19.4 Å². The number of nitrogens with one attached hydrogen (secondary N) is 1. The highest BCUT2D eigenvalue weighted by Crippen LogP contribution is 2.29. The van der Waals surface area contributed by atoms with Gasteiger partial charge in [0, 0.05) is 0 Å². The lowest BCUT2D eigenvalue weighted by molar-refractivity contribution is -0.112. The number of carbonyl (C=O) groups excluding carboxylic acids is 1. The first-order chi connectivity index (χ1) is 12.6. The van der Waals surface area contributed by atoms with Crippen molar-refractivity contribution in [2.24, 2.45) is 0 Å². The number of nitrogens with zero attached hydrogens (tertiary/aromatic N) is 1. The van der Waals surface area contributed by atoms with E-state index in [-0.39, 0.29) is 11.3 Å². The SMILES string of the molecule is CCCOc1cc(/C=C(\C#N)C(=O)Nc2ccccc2F)ccc1OC. The molecular formula is C20H19FN2O3. The molecule has 0 atom stereocenters. The van der Waals surface area contributed by atoms with Crippen molar-refractivity contribution in [1.29, 1.82) is 5.26 Å². The summed E-state index contributed by atoms with van der Waals surface area (Å²) in [6, 6.07) is 12.7. The number of methoxy groups -OCH3 is 1. The van der Waals surface area contributed by atoms with Gasteiger partial charge >= 0.3 is 0 Å². The second-order valence-corrected chi connectivity index (χ2v) is 5.36. The summed E-state index contributed by atoms with van der Waals surface area (Å²) >= 11 is 0. The van der Waals surface area contributed by atoms with Crippen LogP contribution in [0.3, 0.4) is 0 Å². The zero-order valence-electron chi connectivity index (χ0n) is 14.6. The Morgan fingerprint density at radius 2 is 2.04 bits per heavy atom. The zero-order chi connectivity index (χ0) is 18.9. The van der Waals surface area contributed by atoms with Crippen molar-refractivity contribution in [3.8, 4) is 17.6 Å². The lowest BCUT2D eigenvalue weighted by atomic mass is 10.1. The monoisotopic (exact) mass is 354 g/mol. The van der Waals surface area contributed by atoms with Crippen LogP contribution in [0.25, 0.3) is 6.08 Å². The summed E-state index contributed by atoms with van der Waals surface area (Å²) in [6.45, 7) is 2.50. The van der Waals surface area contributed by atoms with E-state index in [0.29, 0.717) is 23.7 Å². The molecule has 2 rings (SSSR count). The summed E-state index contributed by atoms with van der Waals surface area (Å²) in [7, 11) is 1.53. The van der Waals surface area contributed by atoms with E-state index in [1.807, 2.05) is 13.0 Å². The molecule has 0 radical (unpaired) electrons. The van der Waals surface area contributed by atoms with Gasteiger partial charge in [0.15, 0.2) is 11.5 Å². The normalized spacial score (nSPS) is 10.8. The van der Waals surface area contributed by atoms with Crippen molar-refractivity contribution in [1.82, 2.24) is 0 Å². The summed E-state index contributed by atoms with van der Waals surface area (Å²) in [6.07, 6.45) is 2.24. The second-order valence-electron chi connectivity index (χ2n) is 5.36. The van der Waals surface area contributed by atoms with Gasteiger partial charge in [-0.25, -0.2) is 4.39 Å². The van der Waals surface area contributed by atoms with Gasteiger partial charge in [-0.3, -0.25) is 4.79 Å². The van der Waals surface area contributed by atoms with Gasteiger partial charge in [-0.1, -0.05) is 25.1 Å². The Morgan fingerprint density at radius 1 is 1.27 bits per heavy atom. The Morgan fingerprint density at radius 3 is 2.69 bits per heavy atom. The van der Waals surface area contributed by atoms with E-state index in [4.69, 9.17) is 9.47 Å². The fourth-order valence-corrected chi connectivity index (χ4v) is 2.18. The molecule has 0 fully saturated rings. The third-order valence-electron chi connectivity index (χ3n) is 3.45. The highest BCUT2D eigenvalue weighted by Gasteiger charge is 2.13. The van der Waals surface area contributed by atoms with Crippen molar-refractivity contribution in [2.45, 2.75) is 13.3 Å². The van der Waals surface area contributed by atoms with Crippen molar-refractivity contribution >= 4 is 17.7 Å². The third-order valence-corrected chi connectivity index (χ3v) is 3.45. The maximum absolute atomic E-state index is 13.7. The average Bonchev–Trinajstić information content (AvgIpc) is 2.66. The topological polar surface area (TPSA) is 71.3 Å². The van der Waals surface area contributed by atoms with Crippen molar-refractivity contribution < 1.29 is 18.7 Å². The summed E-state index contributed by atoms with van der Waals surface area (Å²) in [5.41, 5.74) is 0.456. The summed E-state index contributed by atoms with van der Waals surface area (Å²) < 4.78 is 24.5. The van der Waals surface area contributed by atoms with Crippen LogP contribution in [-0.4, -0.2) is 19.6 Å². The Bertz CT molecular complexity index is 856. The van der Waals surface area contributed by atoms with Gasteiger partial charge in [-0.15, -0.1) is 0 Å². The molecule has 134 valence electrons. The van der Waals surface area contributed by atoms with E-state index in [2.05, 4.69) is 5.32 Å². The zero-order valence-corrected chi connectivity index (χ0v) is 14.6. The highest BCUT2D eigenvalue weighted by atomic mass is 19.1. The van der Waals surface area contributed by atoms with Crippen LogP contribution < -0.4 is 14.8 Å². The van der Waals surface area contributed by atoms with Crippen LogP contribution in [-0.2, 0) is 4.79 Å². The average molecular weight is 354 g/mol. The Kier molecular flexibility index (Phi) is 6.75. The van der Waals surface area contributed by atoms with E-state index in [1.165, 1.54) is 31.4 Å². The fourth-order valence-electron chi connectivity index (χ4n) is 2.18. The number of nitriles is 1. The Balaban J connectivity index is 2.26. The lowest BCUT2D eigenvalue weighted by Gasteiger charge is -2.11. The van der Waals surface area contributed by atoms with E-state index >= 15 is 0 Å². The van der Waals surface area contributed by atoms with Gasteiger partial charge in [-0.05, 0) is 42.3 Å². The molecule has 0 aliphatic rings. The second kappa shape index (κ2) is 9.23. The summed E-state index contributed by atoms with van der Waals surface area (Å²) in [5, 5.41) is 11.7. The summed E-state index contributed by atoms with van der Waals surface area (Å²) in [4.78, 5) is 12.3. The predicted octanol–water partition coefficient (Wildman–Crippen LogP) is 4.17. The molecule has 0 aliphatic carbocycles. The quantitative estimate of drug-likeness (QED) is 0.598. The lowest BCUT2D eigenvalue weighted by Crippen LogP contribution is -2.14. The minimum atomic E-state index is -0.690. The number of anilines is 1. The van der Waals surface area contributed by atoms with E-state index in [9.17, 15) is 14.4 Å². The van der Waals surface area contributed by atoms with E-state index in [1.54, 1.807) is 24.3 Å². The first kappa shape index (κ1) is 19.0. The number of amides is 1. The minimum Gasteiger partial charge on any atom is -0.493 e. The van der Waals surface area contributed by atoms with Crippen molar-refractivity contribution in [3.05, 3.63) is 59.4 Å². The van der Waals surface area contributed by atoms with Gasteiger partial charge in [-0.2, -0.15) is 5.26 Å². The molecule has 0 unspecified atom stereocenters. The molecule has 0 heterocycles. The van der Waals surface area contributed by atoms with Crippen LogP contribution in [0, 0.1) is 17.1 Å². The van der Waals surface area contributed by atoms with Crippen LogP contribution >= 0.6 is 0 Å². The fraction of sp³-hybridized carbons (Fsp3) is 0.200. The number of ether oxygens (including phenoxy) is 2. The number of para-hydroxylation sites is 1. The molecule has 0 saturated heterocycles.